The molecule has 2 aromatic rings. The van der Waals surface area contributed by atoms with E-state index in [1.807, 2.05) is 24.3 Å². The van der Waals surface area contributed by atoms with E-state index < -0.39 is 0 Å². The fraction of sp³-hybridized carbons (Fsp3) is 0.333. The Morgan fingerprint density at radius 2 is 2.25 bits per heavy atom. The van der Waals surface area contributed by atoms with Crippen LogP contribution in [0, 0.1) is 0 Å². The molecule has 0 amide bonds. The second-order valence-electron chi connectivity index (χ2n) is 4.12. The van der Waals surface area contributed by atoms with Crippen LogP contribution in [0.3, 0.4) is 0 Å². The van der Waals surface area contributed by atoms with Crippen LogP contribution in [0.5, 0.6) is 0 Å². The highest BCUT2D eigenvalue weighted by Crippen LogP contribution is 2.13. The van der Waals surface area contributed by atoms with Gasteiger partial charge in [-0.3, -0.25) is 9.36 Å². The van der Waals surface area contributed by atoms with Gasteiger partial charge < -0.3 is 5.32 Å². The summed E-state index contributed by atoms with van der Waals surface area (Å²) < 4.78 is 1.75. The standard InChI is InChI=1S/C12H13N3O/c16-12-10-3-1-2-4-11(10)14-8-15(12)9-5-6-13-7-9/h1-4,8-9,13H,5-7H2. The minimum Gasteiger partial charge on any atom is -0.315 e. The second kappa shape index (κ2) is 3.72. The summed E-state index contributed by atoms with van der Waals surface area (Å²) in [4.78, 5) is 16.5. The summed E-state index contributed by atoms with van der Waals surface area (Å²) in [6.45, 7) is 1.84. The van der Waals surface area contributed by atoms with Crippen LogP contribution >= 0.6 is 0 Å². The van der Waals surface area contributed by atoms with Crippen LogP contribution in [-0.4, -0.2) is 22.6 Å². The predicted octanol–water partition coefficient (Wildman–Crippen LogP) is 0.931. The molecule has 4 nitrogen and oxygen atoms in total. The van der Waals surface area contributed by atoms with Gasteiger partial charge in [0.05, 0.1) is 23.3 Å². The molecule has 1 saturated heterocycles. The number of rotatable bonds is 1. The summed E-state index contributed by atoms with van der Waals surface area (Å²) in [6, 6.07) is 7.74. The molecule has 2 heterocycles. The van der Waals surface area contributed by atoms with Gasteiger partial charge in [-0.25, -0.2) is 4.98 Å². The SMILES string of the molecule is O=c1c2ccccc2ncn1C1CCNC1. The van der Waals surface area contributed by atoms with E-state index in [2.05, 4.69) is 10.3 Å². The predicted molar refractivity (Wildman–Crippen MR) is 62.5 cm³/mol. The summed E-state index contributed by atoms with van der Waals surface area (Å²) in [5.41, 5.74) is 0.842. The van der Waals surface area contributed by atoms with E-state index in [-0.39, 0.29) is 11.6 Å². The molecule has 1 aromatic carbocycles. The van der Waals surface area contributed by atoms with Crippen molar-refractivity contribution in [1.29, 1.82) is 0 Å². The summed E-state index contributed by atoms with van der Waals surface area (Å²) >= 11 is 0. The Hall–Kier alpha value is -1.68. The molecule has 0 aliphatic carbocycles. The first-order valence-corrected chi connectivity index (χ1v) is 5.53. The topological polar surface area (TPSA) is 46.9 Å². The van der Waals surface area contributed by atoms with Gasteiger partial charge in [0.15, 0.2) is 0 Å². The van der Waals surface area contributed by atoms with E-state index >= 15 is 0 Å². The molecule has 4 heteroatoms. The van der Waals surface area contributed by atoms with Gasteiger partial charge >= 0.3 is 0 Å². The Morgan fingerprint density at radius 3 is 3.06 bits per heavy atom. The van der Waals surface area contributed by atoms with Gasteiger partial charge in [-0.2, -0.15) is 0 Å². The van der Waals surface area contributed by atoms with Gasteiger partial charge in [0.2, 0.25) is 0 Å². The van der Waals surface area contributed by atoms with Crippen LogP contribution in [-0.2, 0) is 0 Å². The van der Waals surface area contributed by atoms with Gasteiger partial charge in [-0.15, -0.1) is 0 Å². The lowest BCUT2D eigenvalue weighted by atomic mass is 10.2. The quantitative estimate of drug-likeness (QED) is 0.769. The lowest BCUT2D eigenvalue weighted by Crippen LogP contribution is -2.26. The Morgan fingerprint density at radius 1 is 1.38 bits per heavy atom. The average Bonchev–Trinajstić information content (AvgIpc) is 2.83. The minimum absolute atomic E-state index is 0.0688. The summed E-state index contributed by atoms with van der Waals surface area (Å²) in [5, 5.41) is 3.96. The van der Waals surface area contributed by atoms with E-state index in [1.165, 1.54) is 0 Å². The van der Waals surface area contributed by atoms with Crippen LogP contribution in [0.15, 0.2) is 35.4 Å². The maximum Gasteiger partial charge on any atom is 0.261 e. The molecule has 16 heavy (non-hydrogen) atoms. The average molecular weight is 215 g/mol. The van der Waals surface area contributed by atoms with Crippen LogP contribution < -0.4 is 10.9 Å². The van der Waals surface area contributed by atoms with Gasteiger partial charge in [0.25, 0.3) is 5.56 Å². The lowest BCUT2D eigenvalue weighted by Gasteiger charge is -2.12. The minimum atomic E-state index is 0.0688. The van der Waals surface area contributed by atoms with Crippen molar-refractivity contribution in [3.05, 3.63) is 40.9 Å². The molecular weight excluding hydrogens is 202 g/mol. The second-order valence-corrected chi connectivity index (χ2v) is 4.12. The van der Waals surface area contributed by atoms with E-state index in [9.17, 15) is 4.79 Å². The number of hydrogen-bond acceptors (Lipinski definition) is 3. The van der Waals surface area contributed by atoms with Crippen molar-refractivity contribution >= 4 is 10.9 Å². The molecular formula is C12H13N3O. The summed E-state index contributed by atoms with van der Waals surface area (Å²) in [6.07, 6.45) is 2.67. The monoisotopic (exact) mass is 215 g/mol. The zero-order valence-corrected chi connectivity index (χ0v) is 8.89. The molecule has 82 valence electrons. The third kappa shape index (κ3) is 1.42. The number of hydrogen-bond donors (Lipinski definition) is 1. The zero-order valence-electron chi connectivity index (χ0n) is 8.89. The molecule has 1 fully saturated rings. The van der Waals surface area contributed by atoms with Crippen molar-refractivity contribution in [2.24, 2.45) is 0 Å². The third-order valence-electron chi connectivity index (χ3n) is 3.12. The molecule has 3 rings (SSSR count). The number of nitrogens with zero attached hydrogens (tertiary/aromatic N) is 2. The first-order valence-electron chi connectivity index (χ1n) is 5.53. The van der Waals surface area contributed by atoms with Crippen LogP contribution in [0.4, 0.5) is 0 Å². The van der Waals surface area contributed by atoms with Crippen molar-refractivity contribution in [2.75, 3.05) is 13.1 Å². The molecule has 1 aliphatic rings. The lowest BCUT2D eigenvalue weighted by molar-refractivity contribution is 0.525. The first kappa shape index (κ1) is 9.54. The highest BCUT2D eigenvalue weighted by molar-refractivity contribution is 5.76. The maximum absolute atomic E-state index is 12.2. The first-order chi connectivity index (χ1) is 7.86. The summed E-state index contributed by atoms with van der Waals surface area (Å²) in [7, 11) is 0. The van der Waals surface area contributed by atoms with E-state index in [1.54, 1.807) is 10.9 Å². The van der Waals surface area contributed by atoms with E-state index in [4.69, 9.17) is 0 Å². The van der Waals surface area contributed by atoms with Crippen molar-refractivity contribution in [3.63, 3.8) is 0 Å². The molecule has 0 saturated carbocycles. The molecule has 1 N–H and O–H groups in total. The van der Waals surface area contributed by atoms with Gasteiger partial charge in [-0.05, 0) is 25.1 Å². The molecule has 1 aromatic heterocycles. The van der Waals surface area contributed by atoms with Crippen LogP contribution in [0.2, 0.25) is 0 Å². The van der Waals surface area contributed by atoms with E-state index in [0.717, 1.165) is 25.0 Å². The molecule has 1 unspecified atom stereocenters. The van der Waals surface area contributed by atoms with Gasteiger partial charge in [0, 0.05) is 6.54 Å². The highest BCUT2D eigenvalue weighted by Gasteiger charge is 2.18. The Labute approximate surface area is 92.9 Å². The Bertz CT molecular complexity index is 570. The number of para-hydroxylation sites is 1. The normalized spacial score (nSPS) is 20.4. The molecule has 0 spiro atoms. The van der Waals surface area contributed by atoms with Gasteiger partial charge in [-0.1, -0.05) is 12.1 Å². The Balaban J connectivity index is 2.19. The third-order valence-corrected chi connectivity index (χ3v) is 3.12. The Kier molecular flexibility index (Phi) is 2.22. The molecule has 1 aliphatic heterocycles. The molecule has 0 bridgehead atoms. The van der Waals surface area contributed by atoms with Crippen molar-refractivity contribution < 1.29 is 0 Å². The molecule has 0 radical (unpaired) electrons. The summed E-state index contributed by atoms with van der Waals surface area (Å²) in [5.74, 6) is 0. The number of nitrogens with one attached hydrogen (secondary N) is 1. The highest BCUT2D eigenvalue weighted by atomic mass is 16.1. The number of fused-ring (bicyclic) bond motifs is 1. The fourth-order valence-electron chi connectivity index (χ4n) is 2.22. The largest absolute Gasteiger partial charge is 0.315 e. The van der Waals surface area contributed by atoms with Crippen LogP contribution in [0.1, 0.15) is 12.5 Å². The van der Waals surface area contributed by atoms with E-state index in [0.29, 0.717) is 5.39 Å². The van der Waals surface area contributed by atoms with Gasteiger partial charge in [0.1, 0.15) is 0 Å². The maximum atomic E-state index is 12.2. The number of aromatic nitrogens is 2. The fourth-order valence-corrected chi connectivity index (χ4v) is 2.22. The van der Waals surface area contributed by atoms with Crippen molar-refractivity contribution in [2.45, 2.75) is 12.5 Å². The smallest absolute Gasteiger partial charge is 0.261 e. The zero-order chi connectivity index (χ0) is 11.0. The van der Waals surface area contributed by atoms with Crippen LogP contribution in [0.25, 0.3) is 10.9 Å². The van der Waals surface area contributed by atoms with Crippen molar-refractivity contribution in [3.8, 4) is 0 Å². The van der Waals surface area contributed by atoms with Crippen molar-refractivity contribution in [1.82, 2.24) is 14.9 Å². The number of benzene rings is 1. The molecule has 1 atom stereocenters.